The van der Waals surface area contributed by atoms with E-state index in [1.54, 1.807) is 6.92 Å². The molecule has 0 aromatic heterocycles. The fourth-order valence-electron chi connectivity index (χ4n) is 2.25. The molecule has 22 heavy (non-hydrogen) atoms. The lowest BCUT2D eigenvalue weighted by Gasteiger charge is -2.27. The van der Waals surface area contributed by atoms with Gasteiger partial charge in [-0.25, -0.2) is 0 Å². The molecule has 0 amide bonds. The van der Waals surface area contributed by atoms with Gasteiger partial charge in [-0.05, 0) is 30.9 Å². The van der Waals surface area contributed by atoms with E-state index in [1.807, 2.05) is 13.8 Å². The molecular formula is C14H19F3N2O3. The van der Waals surface area contributed by atoms with E-state index in [-0.39, 0.29) is 11.1 Å². The molecule has 0 radical (unpaired) electrons. The maximum atomic E-state index is 12.9. The Hall–Kier alpha value is -1.83. The Bertz CT molecular complexity index is 543. The SMILES string of the molecule is CC(O)CC(C)(C)CNc1ccc([N+](=O)[O-])c(C(F)(F)F)c1. The molecule has 0 aliphatic rings. The van der Waals surface area contributed by atoms with Gasteiger partial charge in [0, 0.05) is 18.3 Å². The topological polar surface area (TPSA) is 75.4 Å². The fourth-order valence-corrected chi connectivity index (χ4v) is 2.25. The van der Waals surface area contributed by atoms with Gasteiger partial charge in [0.1, 0.15) is 5.56 Å². The number of aliphatic hydroxyl groups excluding tert-OH is 1. The van der Waals surface area contributed by atoms with Gasteiger partial charge in [0.05, 0.1) is 11.0 Å². The average Bonchev–Trinajstić information content (AvgIpc) is 2.33. The number of halogens is 3. The molecule has 2 N–H and O–H groups in total. The van der Waals surface area contributed by atoms with Gasteiger partial charge in [-0.15, -0.1) is 0 Å². The highest BCUT2D eigenvalue weighted by Gasteiger charge is 2.38. The number of rotatable bonds is 6. The minimum absolute atomic E-state index is 0.150. The Kier molecular flexibility index (Phi) is 5.39. The minimum atomic E-state index is -4.80. The maximum absolute atomic E-state index is 12.9. The average molecular weight is 320 g/mol. The molecule has 124 valence electrons. The lowest BCUT2D eigenvalue weighted by molar-refractivity contribution is -0.388. The summed E-state index contributed by atoms with van der Waals surface area (Å²) in [6, 6.07) is 2.81. The third-order valence-electron chi connectivity index (χ3n) is 3.12. The lowest BCUT2D eigenvalue weighted by atomic mass is 9.87. The Morgan fingerprint density at radius 3 is 2.41 bits per heavy atom. The summed E-state index contributed by atoms with van der Waals surface area (Å²) in [4.78, 5) is 9.62. The van der Waals surface area contributed by atoms with Crippen molar-refractivity contribution in [2.75, 3.05) is 11.9 Å². The summed E-state index contributed by atoms with van der Waals surface area (Å²) in [5.74, 6) is 0. The zero-order valence-corrected chi connectivity index (χ0v) is 12.6. The number of hydrogen-bond donors (Lipinski definition) is 2. The summed E-state index contributed by atoms with van der Waals surface area (Å²) in [6.45, 7) is 5.69. The van der Waals surface area contributed by atoms with Crippen LogP contribution in [0.25, 0.3) is 0 Å². The van der Waals surface area contributed by atoms with Crippen LogP contribution in [0.2, 0.25) is 0 Å². The quantitative estimate of drug-likeness (QED) is 0.617. The first-order chi connectivity index (χ1) is 9.92. The predicted molar refractivity (Wildman–Crippen MR) is 76.7 cm³/mol. The predicted octanol–water partition coefficient (Wildman–Crippen LogP) is 3.82. The monoisotopic (exact) mass is 320 g/mol. The van der Waals surface area contributed by atoms with Gasteiger partial charge < -0.3 is 10.4 Å². The first-order valence-electron chi connectivity index (χ1n) is 6.70. The van der Waals surface area contributed by atoms with Gasteiger partial charge >= 0.3 is 6.18 Å². The first kappa shape index (κ1) is 18.2. The number of nitrogens with zero attached hydrogens (tertiary/aromatic N) is 1. The number of alkyl halides is 3. The van der Waals surface area contributed by atoms with Gasteiger partial charge in [-0.2, -0.15) is 13.2 Å². The molecule has 0 bridgehead atoms. The van der Waals surface area contributed by atoms with Crippen molar-refractivity contribution in [3.63, 3.8) is 0 Å². The highest BCUT2D eigenvalue weighted by Crippen LogP contribution is 2.37. The smallest absolute Gasteiger partial charge is 0.393 e. The molecule has 0 fully saturated rings. The Morgan fingerprint density at radius 2 is 1.95 bits per heavy atom. The second kappa shape index (κ2) is 6.51. The van der Waals surface area contributed by atoms with Gasteiger partial charge in [-0.3, -0.25) is 10.1 Å². The summed E-state index contributed by atoms with van der Waals surface area (Å²) in [6.07, 6.45) is -4.85. The molecule has 0 aliphatic heterocycles. The first-order valence-corrected chi connectivity index (χ1v) is 6.70. The number of nitrogens with one attached hydrogen (secondary N) is 1. The van der Waals surface area contributed by atoms with Gasteiger partial charge in [-0.1, -0.05) is 13.8 Å². The van der Waals surface area contributed by atoms with Gasteiger partial charge in [0.15, 0.2) is 0 Å². The van der Waals surface area contributed by atoms with Crippen LogP contribution < -0.4 is 5.32 Å². The number of nitro benzene ring substituents is 1. The highest BCUT2D eigenvalue weighted by atomic mass is 19.4. The molecule has 5 nitrogen and oxygen atoms in total. The van der Waals surface area contributed by atoms with Crippen molar-refractivity contribution in [3.05, 3.63) is 33.9 Å². The molecule has 1 atom stereocenters. The van der Waals surface area contributed by atoms with Crippen LogP contribution in [0.4, 0.5) is 24.5 Å². The van der Waals surface area contributed by atoms with Crippen LogP contribution in [0.5, 0.6) is 0 Å². The molecule has 1 unspecified atom stereocenters. The fraction of sp³-hybridized carbons (Fsp3) is 0.571. The zero-order valence-electron chi connectivity index (χ0n) is 12.6. The Balaban J connectivity index is 2.96. The van der Waals surface area contributed by atoms with Crippen molar-refractivity contribution < 1.29 is 23.2 Å². The normalized spacial score (nSPS) is 13.8. The van der Waals surface area contributed by atoms with Crippen molar-refractivity contribution in [1.29, 1.82) is 0 Å². The molecular weight excluding hydrogens is 301 g/mol. The lowest BCUT2D eigenvalue weighted by Crippen LogP contribution is -2.27. The summed E-state index contributed by atoms with van der Waals surface area (Å²) >= 11 is 0. The van der Waals surface area contributed by atoms with Crippen molar-refractivity contribution in [2.24, 2.45) is 5.41 Å². The molecule has 0 saturated heterocycles. The molecule has 0 saturated carbocycles. The van der Waals surface area contributed by atoms with Crippen LogP contribution in [0, 0.1) is 15.5 Å². The van der Waals surface area contributed by atoms with Crippen LogP contribution in [-0.4, -0.2) is 22.7 Å². The molecule has 8 heteroatoms. The number of hydrogen-bond acceptors (Lipinski definition) is 4. The number of benzene rings is 1. The highest BCUT2D eigenvalue weighted by molar-refractivity contribution is 5.55. The van der Waals surface area contributed by atoms with Gasteiger partial charge in [0.2, 0.25) is 0 Å². The van der Waals surface area contributed by atoms with E-state index in [4.69, 9.17) is 0 Å². The van der Waals surface area contributed by atoms with E-state index in [1.165, 1.54) is 6.07 Å². The van der Waals surface area contributed by atoms with E-state index in [0.29, 0.717) is 13.0 Å². The van der Waals surface area contributed by atoms with Gasteiger partial charge in [0.25, 0.3) is 5.69 Å². The molecule has 1 aromatic carbocycles. The van der Waals surface area contributed by atoms with Crippen LogP contribution in [0.1, 0.15) is 32.8 Å². The van der Waals surface area contributed by atoms with Crippen molar-refractivity contribution >= 4 is 11.4 Å². The largest absolute Gasteiger partial charge is 0.423 e. The van der Waals surface area contributed by atoms with Crippen LogP contribution >= 0.6 is 0 Å². The third-order valence-corrected chi connectivity index (χ3v) is 3.12. The van der Waals surface area contributed by atoms with Crippen LogP contribution in [0.3, 0.4) is 0 Å². The molecule has 1 aromatic rings. The summed E-state index contributed by atoms with van der Waals surface area (Å²) in [5.41, 5.74) is -2.44. The Labute approximate surface area is 126 Å². The standard InChI is InChI=1S/C14H19F3N2O3/c1-9(20)7-13(2,3)8-18-10-4-5-12(19(21)22)11(6-10)14(15,16)17/h4-6,9,18,20H,7-8H2,1-3H3. The number of anilines is 1. The van der Waals surface area contributed by atoms with E-state index < -0.39 is 28.5 Å². The van der Waals surface area contributed by atoms with E-state index in [9.17, 15) is 28.4 Å². The molecule has 1 rings (SSSR count). The van der Waals surface area contributed by atoms with E-state index in [2.05, 4.69) is 5.32 Å². The van der Waals surface area contributed by atoms with E-state index in [0.717, 1.165) is 12.1 Å². The third kappa shape index (κ3) is 5.18. The maximum Gasteiger partial charge on any atom is 0.423 e. The zero-order chi connectivity index (χ0) is 17.1. The van der Waals surface area contributed by atoms with Crippen molar-refractivity contribution in [1.82, 2.24) is 0 Å². The summed E-state index contributed by atoms with van der Waals surface area (Å²) in [5, 5.41) is 22.9. The molecule has 0 heterocycles. The second-order valence-electron chi connectivity index (χ2n) is 6.06. The second-order valence-corrected chi connectivity index (χ2v) is 6.06. The van der Waals surface area contributed by atoms with Crippen molar-refractivity contribution in [2.45, 2.75) is 39.5 Å². The van der Waals surface area contributed by atoms with Crippen LogP contribution in [-0.2, 0) is 6.18 Å². The minimum Gasteiger partial charge on any atom is -0.393 e. The Morgan fingerprint density at radius 1 is 1.36 bits per heavy atom. The summed E-state index contributed by atoms with van der Waals surface area (Å²) in [7, 11) is 0. The van der Waals surface area contributed by atoms with Crippen LogP contribution in [0.15, 0.2) is 18.2 Å². The number of aliphatic hydroxyl groups is 1. The van der Waals surface area contributed by atoms with E-state index >= 15 is 0 Å². The summed E-state index contributed by atoms with van der Waals surface area (Å²) < 4.78 is 38.6. The molecule has 0 aliphatic carbocycles. The van der Waals surface area contributed by atoms with Crippen molar-refractivity contribution in [3.8, 4) is 0 Å². The molecule has 0 spiro atoms. The number of nitro groups is 1.